The summed E-state index contributed by atoms with van der Waals surface area (Å²) in [7, 11) is 0. The number of nitrogens with one attached hydrogen (secondary N) is 1. The van der Waals surface area contributed by atoms with Gasteiger partial charge in [-0.05, 0) is 18.2 Å². The zero-order chi connectivity index (χ0) is 18.2. The van der Waals surface area contributed by atoms with E-state index in [2.05, 4.69) is 22.1 Å². The molecule has 1 N–H and O–H groups in total. The largest absolute Gasteiger partial charge is 0.354 e. The van der Waals surface area contributed by atoms with E-state index in [9.17, 15) is 4.79 Å². The lowest BCUT2D eigenvalue weighted by atomic mass is 10.2. The van der Waals surface area contributed by atoms with Crippen LogP contribution in [0.15, 0.2) is 36.0 Å². The predicted molar refractivity (Wildman–Crippen MR) is 99.6 cm³/mol. The van der Waals surface area contributed by atoms with Crippen LogP contribution in [-0.4, -0.2) is 33.0 Å². The summed E-state index contributed by atoms with van der Waals surface area (Å²) in [5.74, 6) is 0.586. The van der Waals surface area contributed by atoms with Gasteiger partial charge in [0.05, 0.1) is 23.3 Å². The molecule has 0 saturated heterocycles. The Bertz CT molecular complexity index is 815. The van der Waals surface area contributed by atoms with Crippen LogP contribution in [0, 0.1) is 11.3 Å². The SMILES string of the molecule is C=CCn1c(SCC(=O)NCCC#N)nnc1-c1ccc(Cl)cc1Cl. The van der Waals surface area contributed by atoms with Crippen molar-refractivity contribution in [1.82, 2.24) is 20.1 Å². The van der Waals surface area contributed by atoms with Crippen LogP contribution in [0.3, 0.4) is 0 Å². The number of allylic oxidation sites excluding steroid dienone is 1. The molecule has 0 atom stereocenters. The molecule has 0 saturated carbocycles. The summed E-state index contributed by atoms with van der Waals surface area (Å²) >= 11 is 13.4. The predicted octanol–water partition coefficient (Wildman–Crippen LogP) is 3.56. The molecule has 0 aliphatic heterocycles. The fourth-order valence-electron chi connectivity index (χ4n) is 2.00. The third kappa shape index (κ3) is 5.23. The molecular weight excluding hydrogens is 381 g/mol. The molecule has 0 fully saturated rings. The molecule has 0 bridgehead atoms. The van der Waals surface area contributed by atoms with Gasteiger partial charge in [0.2, 0.25) is 5.91 Å². The lowest BCUT2D eigenvalue weighted by Crippen LogP contribution is -2.26. The highest BCUT2D eigenvalue weighted by atomic mass is 35.5. The summed E-state index contributed by atoms with van der Waals surface area (Å²) in [5, 5.41) is 21.1. The number of benzene rings is 1. The van der Waals surface area contributed by atoms with Crippen LogP contribution in [-0.2, 0) is 11.3 Å². The van der Waals surface area contributed by atoms with Crippen LogP contribution in [0.4, 0.5) is 0 Å². The summed E-state index contributed by atoms with van der Waals surface area (Å²) < 4.78 is 1.83. The maximum atomic E-state index is 11.8. The number of amides is 1. The third-order valence-corrected chi connectivity index (χ3v) is 4.61. The second-order valence-electron chi connectivity index (χ2n) is 4.88. The molecule has 0 aliphatic rings. The molecule has 0 aliphatic carbocycles. The molecule has 9 heteroatoms. The molecule has 2 aromatic rings. The van der Waals surface area contributed by atoms with Gasteiger partial charge in [-0.15, -0.1) is 16.8 Å². The summed E-state index contributed by atoms with van der Waals surface area (Å²) in [6.07, 6.45) is 2.00. The molecule has 1 aromatic carbocycles. The molecule has 2 rings (SSSR count). The quantitative estimate of drug-likeness (QED) is 0.419. The van der Waals surface area contributed by atoms with Crippen LogP contribution in [0.5, 0.6) is 0 Å². The smallest absolute Gasteiger partial charge is 0.230 e. The van der Waals surface area contributed by atoms with Gasteiger partial charge in [0.15, 0.2) is 11.0 Å². The molecule has 1 heterocycles. The number of hydrogen-bond acceptors (Lipinski definition) is 5. The monoisotopic (exact) mass is 395 g/mol. The van der Waals surface area contributed by atoms with E-state index in [1.165, 1.54) is 11.8 Å². The Kier molecular flexibility index (Phi) is 7.31. The number of thioether (sulfide) groups is 1. The summed E-state index contributed by atoms with van der Waals surface area (Å²) in [4.78, 5) is 11.8. The lowest BCUT2D eigenvalue weighted by Gasteiger charge is -2.09. The van der Waals surface area contributed by atoms with Gasteiger partial charge in [0.25, 0.3) is 0 Å². The summed E-state index contributed by atoms with van der Waals surface area (Å²) in [6, 6.07) is 7.11. The van der Waals surface area contributed by atoms with E-state index in [0.29, 0.717) is 39.7 Å². The average Bonchev–Trinajstić information content (AvgIpc) is 2.96. The number of halogens is 2. The van der Waals surface area contributed by atoms with E-state index in [1.54, 1.807) is 24.3 Å². The number of aromatic nitrogens is 3. The molecule has 0 unspecified atom stereocenters. The molecule has 0 radical (unpaired) electrons. The van der Waals surface area contributed by atoms with Crippen molar-refractivity contribution in [3.63, 3.8) is 0 Å². The zero-order valence-corrected chi connectivity index (χ0v) is 15.5. The first-order valence-electron chi connectivity index (χ1n) is 7.32. The van der Waals surface area contributed by atoms with Gasteiger partial charge < -0.3 is 5.32 Å². The summed E-state index contributed by atoms with van der Waals surface area (Å²) in [6.45, 7) is 4.55. The van der Waals surface area contributed by atoms with E-state index < -0.39 is 0 Å². The minimum atomic E-state index is -0.167. The Hall–Kier alpha value is -2.01. The van der Waals surface area contributed by atoms with Gasteiger partial charge in [-0.3, -0.25) is 9.36 Å². The second kappa shape index (κ2) is 9.47. The molecule has 1 amide bonds. The van der Waals surface area contributed by atoms with E-state index >= 15 is 0 Å². The van der Waals surface area contributed by atoms with Crippen LogP contribution in [0.25, 0.3) is 11.4 Å². The van der Waals surface area contributed by atoms with E-state index in [-0.39, 0.29) is 18.1 Å². The fourth-order valence-corrected chi connectivity index (χ4v) is 3.27. The Balaban J connectivity index is 2.17. The Morgan fingerprint density at radius 3 is 2.92 bits per heavy atom. The van der Waals surface area contributed by atoms with E-state index in [0.717, 1.165) is 0 Å². The van der Waals surface area contributed by atoms with Crippen molar-refractivity contribution in [3.05, 3.63) is 40.9 Å². The van der Waals surface area contributed by atoms with Crippen molar-refractivity contribution in [2.24, 2.45) is 0 Å². The minimum Gasteiger partial charge on any atom is -0.354 e. The van der Waals surface area contributed by atoms with Gasteiger partial charge >= 0.3 is 0 Å². The van der Waals surface area contributed by atoms with Crippen LogP contribution < -0.4 is 5.32 Å². The minimum absolute atomic E-state index is 0.167. The first kappa shape index (κ1) is 19.3. The lowest BCUT2D eigenvalue weighted by molar-refractivity contribution is -0.118. The Morgan fingerprint density at radius 2 is 2.24 bits per heavy atom. The van der Waals surface area contributed by atoms with E-state index in [1.807, 2.05) is 10.6 Å². The van der Waals surface area contributed by atoms with Crippen molar-refractivity contribution in [2.75, 3.05) is 12.3 Å². The van der Waals surface area contributed by atoms with Crippen LogP contribution in [0.2, 0.25) is 10.0 Å². The first-order chi connectivity index (χ1) is 12.1. The number of nitriles is 1. The second-order valence-corrected chi connectivity index (χ2v) is 6.66. The highest BCUT2D eigenvalue weighted by Crippen LogP contribution is 2.31. The molecule has 0 spiro atoms. The number of hydrogen-bond donors (Lipinski definition) is 1. The standard InChI is InChI=1S/C16H15Cl2N5OS/c1-2-8-23-15(12-5-4-11(17)9-13(12)18)21-22-16(23)25-10-14(24)20-7-3-6-19/h2,4-5,9H,1,3,7-8,10H2,(H,20,24). The normalized spacial score (nSPS) is 10.3. The van der Waals surface area contributed by atoms with Gasteiger partial charge in [0.1, 0.15) is 0 Å². The van der Waals surface area contributed by atoms with Gasteiger partial charge in [-0.25, -0.2) is 0 Å². The van der Waals surface area contributed by atoms with Crippen molar-refractivity contribution in [2.45, 2.75) is 18.1 Å². The van der Waals surface area contributed by atoms with E-state index in [4.69, 9.17) is 28.5 Å². The number of carbonyl (C=O) groups is 1. The fraction of sp³-hybridized carbons (Fsp3) is 0.250. The first-order valence-corrected chi connectivity index (χ1v) is 9.07. The molecule has 130 valence electrons. The average molecular weight is 396 g/mol. The highest BCUT2D eigenvalue weighted by Gasteiger charge is 2.17. The van der Waals surface area contributed by atoms with Crippen LogP contribution in [0.1, 0.15) is 6.42 Å². The number of rotatable bonds is 8. The van der Waals surface area contributed by atoms with Gasteiger partial charge in [-0.2, -0.15) is 5.26 Å². The third-order valence-electron chi connectivity index (χ3n) is 3.09. The van der Waals surface area contributed by atoms with Gasteiger partial charge in [0, 0.05) is 23.7 Å². The number of carbonyl (C=O) groups excluding carboxylic acids is 1. The van der Waals surface area contributed by atoms with Crippen molar-refractivity contribution in [1.29, 1.82) is 5.26 Å². The Labute approximate surface area is 159 Å². The number of nitrogens with zero attached hydrogens (tertiary/aromatic N) is 4. The van der Waals surface area contributed by atoms with Crippen molar-refractivity contribution < 1.29 is 4.79 Å². The molecule has 25 heavy (non-hydrogen) atoms. The maximum absolute atomic E-state index is 11.8. The highest BCUT2D eigenvalue weighted by molar-refractivity contribution is 7.99. The molecular formula is C16H15Cl2N5OS. The molecule has 6 nitrogen and oxygen atoms in total. The zero-order valence-electron chi connectivity index (χ0n) is 13.2. The topological polar surface area (TPSA) is 83.6 Å². The Morgan fingerprint density at radius 1 is 1.44 bits per heavy atom. The van der Waals surface area contributed by atoms with Crippen LogP contribution >= 0.6 is 35.0 Å². The summed E-state index contributed by atoms with van der Waals surface area (Å²) in [5.41, 5.74) is 0.700. The maximum Gasteiger partial charge on any atom is 0.230 e. The van der Waals surface area contributed by atoms with Crippen molar-refractivity contribution >= 4 is 40.9 Å². The molecule has 1 aromatic heterocycles. The van der Waals surface area contributed by atoms with Crippen molar-refractivity contribution in [3.8, 4) is 17.5 Å². The van der Waals surface area contributed by atoms with Gasteiger partial charge in [-0.1, -0.05) is 41.0 Å².